The van der Waals surface area contributed by atoms with Gasteiger partial charge in [0.2, 0.25) is 0 Å². The zero-order valence-electron chi connectivity index (χ0n) is 83.5. The Morgan fingerprint density at radius 2 is 0.568 bits per heavy atom. The summed E-state index contributed by atoms with van der Waals surface area (Å²) >= 11 is 0. The van der Waals surface area contributed by atoms with E-state index in [1.54, 1.807) is 20.8 Å². The number of rotatable bonds is 55. The minimum atomic E-state index is -5.51. The van der Waals surface area contributed by atoms with Crippen LogP contribution in [0.4, 0.5) is 0 Å². The molecule has 3 fully saturated rings. The van der Waals surface area contributed by atoms with Gasteiger partial charge >= 0.3 is 70.4 Å². The van der Waals surface area contributed by atoms with Crippen LogP contribution in [0.1, 0.15) is 237 Å². The van der Waals surface area contributed by atoms with Gasteiger partial charge in [-0.1, -0.05) is 111 Å². The maximum absolute atomic E-state index is 12.7. The summed E-state index contributed by atoms with van der Waals surface area (Å²) in [5.74, 6) is -1.83. The zero-order valence-corrected chi connectivity index (χ0v) is 91.6. The first-order valence-electron chi connectivity index (χ1n) is 45.3. The standard InChI is InChI=1S/C28H47N4O16P3.C27H45N4O16P3.C24H41N4O15P3.CH4/c1-17-21-25(30-15-29-17)32(16-31-21)26-22(35)23(47-49(37,38)39)20(46-26)13-44-50(40,41)48-51(42,43)45-14-28(5,6)24(36)19(34)11-7-9-18(33)10-8-12-27(2,3)4;1-16-20-24(29-14-28-16)31(15-30-20)25-21(34)22(46-48(36,37)38)19(45-25)12-43-49(39,40)47-50(41,42)44-13-27(5,6)23(35)18(33)9-7-8-17(32)10-11-26(2,3)4;1-14-17-21(26-12-25-14)28(13-27-17)22-18(30)19(42-44(32,33)34)16(41-22)10-39-45(35,36)43-46(37,38)40-11-24(5,6)20(31)15(29)8-7-9-23(2,3)4;/h15-16,20,22-24,26,35-36H,7-14H2,1-6H3,(H,40,41)(H,42,43)(H2,37,38,39);14-15,19,21-23,25,34-35H,7-13H2,1-6H3,(H,39,40)(H,41,42)(H2,36,37,38);12-13,16,18-20,22,30-31H,7-11H2,1-6H3,(H,35,36)(H,37,38)(H2,32,33,34);1H4. The average Bonchev–Trinajstić information content (AvgIpc) is 1.62. The number of carbonyl (C=O) groups is 5. The summed E-state index contributed by atoms with van der Waals surface area (Å²) < 4.78 is 187. The molecule has 18 N–H and O–H groups in total. The number of hydrogen-bond donors (Lipinski definition) is 18. The van der Waals surface area contributed by atoms with Crippen LogP contribution in [-0.4, -0.2) is 290 Å². The van der Waals surface area contributed by atoms with Crippen LogP contribution >= 0.6 is 70.4 Å². The van der Waals surface area contributed by atoms with Gasteiger partial charge in [0.05, 0.1) is 75.7 Å². The summed E-state index contributed by atoms with van der Waals surface area (Å²) in [5.41, 5.74) is -1.42. The molecular formula is C80H137N12O47P9. The summed E-state index contributed by atoms with van der Waals surface area (Å²) in [6.45, 7) is 25.7. The summed E-state index contributed by atoms with van der Waals surface area (Å²) in [6.07, 6.45) is -13.3. The Morgan fingerprint density at radius 1 is 0.338 bits per heavy atom. The number of imidazole rings is 3. The fraction of sp³-hybridized carbons (Fsp3) is 0.750. The summed E-state index contributed by atoms with van der Waals surface area (Å²) in [7, 11) is -48.5. The number of aryl methyl sites for hydroxylation is 3. The minimum absolute atomic E-state index is 0. The summed E-state index contributed by atoms with van der Waals surface area (Å²) in [6, 6.07) is 0. The lowest BCUT2D eigenvalue weighted by molar-refractivity contribution is -0.135. The van der Waals surface area contributed by atoms with E-state index < -0.39 is 236 Å². The molecule has 0 spiro atoms. The molecule has 0 saturated carbocycles. The number of phosphoric acid groups is 9. The Morgan fingerprint density at radius 3 is 0.818 bits per heavy atom. The van der Waals surface area contributed by atoms with E-state index in [2.05, 4.69) is 92.1 Å². The highest BCUT2D eigenvalue weighted by atomic mass is 31.3. The maximum atomic E-state index is 12.7. The molecule has 6 aromatic heterocycles. The van der Waals surface area contributed by atoms with Crippen LogP contribution in [0, 0.1) is 53.3 Å². The Hall–Kier alpha value is -5.25. The second-order valence-electron chi connectivity index (χ2n) is 40.7. The van der Waals surface area contributed by atoms with Gasteiger partial charge in [-0.15, -0.1) is 0 Å². The maximum Gasteiger partial charge on any atom is 0.481 e. The zero-order chi connectivity index (χ0) is 111. The van der Waals surface area contributed by atoms with Gasteiger partial charge in [0.1, 0.15) is 120 Å². The normalized spacial score (nSPS) is 23.5. The first-order chi connectivity index (χ1) is 67.0. The van der Waals surface area contributed by atoms with Gasteiger partial charge in [0.25, 0.3) is 0 Å². The first-order valence-corrected chi connectivity index (χ1v) is 58.9. The van der Waals surface area contributed by atoms with Crippen molar-refractivity contribution in [3.8, 4) is 0 Å². The highest BCUT2D eigenvalue weighted by molar-refractivity contribution is 7.62. The van der Waals surface area contributed by atoms with Gasteiger partial charge in [-0.3, -0.25) is 78.4 Å². The third kappa shape index (κ3) is 41.4. The highest BCUT2D eigenvalue weighted by Gasteiger charge is 2.55. The van der Waals surface area contributed by atoms with Crippen molar-refractivity contribution in [3.05, 3.63) is 55.0 Å². The van der Waals surface area contributed by atoms with Crippen molar-refractivity contribution in [2.45, 2.75) is 314 Å². The van der Waals surface area contributed by atoms with Crippen LogP contribution in [0.15, 0.2) is 38.0 Å². The number of Topliss-reactive ketones (excluding diaryl/α,β-unsaturated/α-hetero) is 5. The Bertz CT molecular complexity index is 5970. The van der Waals surface area contributed by atoms with Gasteiger partial charge in [-0.05, 0) is 82.0 Å². The molecule has 0 bridgehead atoms. The van der Waals surface area contributed by atoms with Crippen LogP contribution in [0.2, 0.25) is 0 Å². The van der Waals surface area contributed by atoms with E-state index in [9.17, 15) is 154 Å². The van der Waals surface area contributed by atoms with Crippen LogP contribution in [0.5, 0.6) is 0 Å². The molecular weight excluding hydrogens is 2160 g/mol. The average molecular weight is 2300 g/mol. The van der Waals surface area contributed by atoms with E-state index in [1.807, 2.05) is 41.5 Å². The Balaban J connectivity index is 0.000000338. The Kier molecular flexibility index (Phi) is 46.8. The summed E-state index contributed by atoms with van der Waals surface area (Å²) in [4.78, 5) is 216. The number of ketones is 5. The molecule has 9 heterocycles. The number of aliphatic hydroxyl groups excluding tert-OH is 6. The second kappa shape index (κ2) is 52.7. The number of aromatic nitrogens is 12. The lowest BCUT2D eigenvalue weighted by Crippen LogP contribution is -2.39. The van der Waals surface area contributed by atoms with Crippen LogP contribution in [0.3, 0.4) is 0 Å². The van der Waals surface area contributed by atoms with Crippen molar-refractivity contribution in [2.24, 2.45) is 32.5 Å². The third-order valence-corrected chi connectivity index (χ3v) is 31.9. The monoisotopic (exact) mass is 2300 g/mol. The van der Waals surface area contributed by atoms with Crippen molar-refractivity contribution in [2.75, 3.05) is 39.6 Å². The van der Waals surface area contributed by atoms with E-state index in [1.165, 1.54) is 93.2 Å². The van der Waals surface area contributed by atoms with E-state index in [4.69, 9.17) is 41.4 Å². The number of ether oxygens (including phenoxy) is 3. The van der Waals surface area contributed by atoms with Crippen LogP contribution < -0.4 is 0 Å². The SMILES string of the molecule is C.Cc1ncnc2c1ncn2C1OC(COP(=O)(O)OP(=O)(O)OCC(C)(C)C(O)C(=O)CCCC(=O)CCC(C)(C)C)C(OP(=O)(O)O)C1O.Cc1ncnc2c1ncn2C1OC(COP(=O)(O)OP(=O)(O)OCC(C)(C)C(O)C(=O)CCCC(=O)CCCC(C)(C)C)C(OP(=O)(O)O)C1O.Cc1ncnc2c1ncn2C1OC(COP(=O)(O)OP(=O)(O)OCC(C)(C)C(O)C(=O)CCCC(C)(C)C)C(OP(=O)(O)O)C1O. The molecule has 3 aliphatic heterocycles. The van der Waals surface area contributed by atoms with Gasteiger partial charge in [-0.25, -0.2) is 85.9 Å². The number of fused-ring (bicyclic) bond motifs is 3. The second-order valence-corrected chi connectivity index (χ2v) is 53.4. The topological polar surface area (TPSA) is 872 Å². The molecule has 0 aromatic carbocycles. The highest BCUT2D eigenvalue weighted by Crippen LogP contribution is 2.65. The van der Waals surface area contributed by atoms with Crippen molar-refractivity contribution < 1.29 is 222 Å². The predicted octanol–water partition coefficient (Wildman–Crippen LogP) is 8.61. The number of hydrogen-bond acceptors (Lipinski definition) is 44. The van der Waals surface area contributed by atoms with Crippen molar-refractivity contribution in [1.82, 2.24) is 58.6 Å². The number of carbonyl (C=O) groups excluding carboxylic acids is 5. The number of nitrogens with zero attached hydrogens (tertiary/aromatic N) is 12. The molecule has 21 unspecified atom stereocenters. The molecule has 844 valence electrons. The minimum Gasteiger partial charge on any atom is -0.386 e. The molecule has 0 aliphatic carbocycles. The molecule has 148 heavy (non-hydrogen) atoms. The molecule has 68 heteroatoms. The van der Waals surface area contributed by atoms with E-state index >= 15 is 0 Å². The fourth-order valence-electron chi connectivity index (χ4n) is 14.6. The van der Waals surface area contributed by atoms with Crippen LogP contribution in [0.25, 0.3) is 33.5 Å². The molecule has 0 amide bonds. The largest absolute Gasteiger partial charge is 0.481 e. The summed E-state index contributed by atoms with van der Waals surface area (Å²) in [5, 5.41) is 64.3. The lowest BCUT2D eigenvalue weighted by Gasteiger charge is -2.30. The third-order valence-electron chi connectivity index (χ3n) is 22.6. The van der Waals surface area contributed by atoms with Gasteiger partial charge in [0.15, 0.2) is 53.0 Å². The van der Waals surface area contributed by atoms with E-state index in [-0.39, 0.29) is 97.1 Å². The molecule has 21 atom stereocenters. The van der Waals surface area contributed by atoms with Crippen LogP contribution in [-0.2, 0) is 133 Å². The number of phosphoric ester groups is 9. The molecule has 9 rings (SSSR count). The lowest BCUT2D eigenvalue weighted by atomic mass is 9.83. The molecule has 59 nitrogen and oxygen atoms in total. The van der Waals surface area contributed by atoms with Crippen molar-refractivity contribution >= 4 is 133 Å². The fourth-order valence-corrected chi connectivity index (χ4v) is 23.1. The van der Waals surface area contributed by atoms with E-state index in [0.717, 1.165) is 19.3 Å². The number of aliphatic hydroxyl groups is 6. The predicted molar refractivity (Wildman–Crippen MR) is 513 cm³/mol. The molecule has 3 aliphatic rings. The van der Waals surface area contributed by atoms with E-state index in [0.29, 0.717) is 59.3 Å². The quantitative estimate of drug-likeness (QED) is 0.0159. The molecule has 3 saturated heterocycles. The van der Waals surface area contributed by atoms with Gasteiger partial charge < -0.3 is 104 Å². The molecule has 0 radical (unpaired) electrons. The Labute approximate surface area is 850 Å². The van der Waals surface area contributed by atoms with Crippen molar-refractivity contribution in [3.63, 3.8) is 0 Å². The van der Waals surface area contributed by atoms with Gasteiger partial charge in [-0.2, -0.15) is 12.9 Å². The smallest absolute Gasteiger partial charge is 0.386 e. The molecule has 6 aromatic rings. The first kappa shape index (κ1) is 131. The van der Waals surface area contributed by atoms with Crippen molar-refractivity contribution in [1.29, 1.82) is 0 Å². The van der Waals surface area contributed by atoms with Gasteiger partial charge in [0, 0.05) is 61.2 Å².